The average Bonchev–Trinajstić information content (AvgIpc) is 2.99. The molecule has 1 aliphatic rings. The molecule has 0 saturated heterocycles. The molecule has 0 saturated carbocycles. The maximum Gasteiger partial charge on any atom is 0.271 e. The van der Waals surface area contributed by atoms with Crippen LogP contribution in [0.2, 0.25) is 15.1 Å². The maximum atomic E-state index is 12.6. The van der Waals surface area contributed by atoms with Crippen LogP contribution in [0.15, 0.2) is 17.2 Å². The molecule has 2 rings (SSSR count). The summed E-state index contributed by atoms with van der Waals surface area (Å²) in [6.07, 6.45) is 17.6. The minimum Gasteiger partial charge on any atom is -0.270 e. The molecule has 1 aromatic carbocycles. The van der Waals surface area contributed by atoms with Gasteiger partial charge in [-0.15, -0.1) is 11.6 Å². The van der Waals surface area contributed by atoms with E-state index in [-0.39, 0.29) is 16.0 Å². The Balaban J connectivity index is 1.64. The molecule has 0 fully saturated rings. The Morgan fingerprint density at radius 3 is 1.74 bits per heavy atom. The fraction of sp³-hybridized carbons (Fsp3) is 0.667. The molecular formula is C24H34Cl4N2O. The number of halogens is 4. The van der Waals surface area contributed by atoms with E-state index in [2.05, 4.69) is 12.0 Å². The molecule has 0 bridgehead atoms. The normalized spacial score (nSPS) is 16.3. The van der Waals surface area contributed by atoms with E-state index >= 15 is 0 Å². The number of unbranched alkanes of at least 4 members (excludes halogenated alkanes) is 12. The Labute approximate surface area is 207 Å². The smallest absolute Gasteiger partial charge is 0.270 e. The van der Waals surface area contributed by atoms with Crippen molar-refractivity contribution in [2.45, 2.75) is 102 Å². The van der Waals surface area contributed by atoms with E-state index < -0.39 is 5.38 Å². The van der Waals surface area contributed by atoms with Gasteiger partial charge in [-0.3, -0.25) is 4.79 Å². The van der Waals surface area contributed by atoms with Crippen molar-refractivity contribution >= 4 is 63.7 Å². The predicted octanol–water partition coefficient (Wildman–Crippen LogP) is 9.44. The van der Waals surface area contributed by atoms with Crippen molar-refractivity contribution < 1.29 is 4.79 Å². The molecule has 174 valence electrons. The zero-order valence-electron chi connectivity index (χ0n) is 18.4. The number of anilines is 1. The third kappa shape index (κ3) is 8.76. The zero-order chi connectivity index (χ0) is 22.6. The average molecular weight is 508 g/mol. The third-order valence-electron chi connectivity index (χ3n) is 5.68. The van der Waals surface area contributed by atoms with Crippen molar-refractivity contribution in [2.24, 2.45) is 5.10 Å². The predicted molar refractivity (Wildman–Crippen MR) is 136 cm³/mol. The van der Waals surface area contributed by atoms with E-state index in [9.17, 15) is 4.79 Å². The maximum absolute atomic E-state index is 12.6. The van der Waals surface area contributed by atoms with Crippen molar-refractivity contribution in [3.05, 3.63) is 27.2 Å². The van der Waals surface area contributed by atoms with Gasteiger partial charge in [-0.1, -0.05) is 119 Å². The molecule has 1 unspecified atom stereocenters. The molecule has 0 N–H and O–H groups in total. The summed E-state index contributed by atoms with van der Waals surface area (Å²) in [4.78, 5) is 12.6. The van der Waals surface area contributed by atoms with E-state index in [0.717, 1.165) is 12.8 Å². The second-order valence-electron chi connectivity index (χ2n) is 8.31. The molecular weight excluding hydrogens is 474 g/mol. The largest absolute Gasteiger partial charge is 0.271 e. The molecule has 31 heavy (non-hydrogen) atoms. The summed E-state index contributed by atoms with van der Waals surface area (Å²) in [5.41, 5.74) is 1.01. The van der Waals surface area contributed by atoms with E-state index in [0.29, 0.717) is 22.8 Å². The second-order valence-corrected chi connectivity index (χ2v) is 10.0. The van der Waals surface area contributed by atoms with Gasteiger partial charge in [0.2, 0.25) is 0 Å². The summed E-state index contributed by atoms with van der Waals surface area (Å²) in [6.45, 7) is 2.26. The van der Waals surface area contributed by atoms with Gasteiger partial charge in [0.1, 0.15) is 5.69 Å². The summed E-state index contributed by atoms with van der Waals surface area (Å²) in [5, 5.41) is 5.84. The Hall–Kier alpha value is -0.480. The lowest BCUT2D eigenvalue weighted by atomic mass is 10.0. The summed E-state index contributed by atoms with van der Waals surface area (Å²) in [6, 6.07) is 3.08. The number of carbonyl (C=O) groups is 1. The van der Waals surface area contributed by atoms with Crippen LogP contribution in [0.4, 0.5) is 5.69 Å². The van der Waals surface area contributed by atoms with Crippen LogP contribution in [0.5, 0.6) is 0 Å². The van der Waals surface area contributed by atoms with Crippen LogP contribution in [0.3, 0.4) is 0 Å². The topological polar surface area (TPSA) is 32.7 Å². The van der Waals surface area contributed by atoms with Gasteiger partial charge in [0.15, 0.2) is 5.38 Å². The molecule has 1 atom stereocenters. The second kappa shape index (κ2) is 14.6. The van der Waals surface area contributed by atoms with Gasteiger partial charge in [-0.2, -0.15) is 10.1 Å². The van der Waals surface area contributed by atoms with Crippen LogP contribution in [-0.2, 0) is 4.79 Å². The fourth-order valence-corrected chi connectivity index (χ4v) is 5.10. The van der Waals surface area contributed by atoms with Crippen molar-refractivity contribution in [3.63, 3.8) is 0 Å². The van der Waals surface area contributed by atoms with Gasteiger partial charge in [-0.05, 0) is 25.0 Å². The molecule has 1 heterocycles. The number of amides is 1. The lowest BCUT2D eigenvalue weighted by molar-refractivity contribution is -0.116. The van der Waals surface area contributed by atoms with Gasteiger partial charge < -0.3 is 0 Å². The number of nitrogens with zero attached hydrogens (tertiary/aromatic N) is 2. The molecule has 1 aliphatic heterocycles. The van der Waals surface area contributed by atoms with E-state index in [4.69, 9.17) is 46.4 Å². The quantitative estimate of drug-likeness (QED) is 0.172. The monoisotopic (exact) mass is 506 g/mol. The summed E-state index contributed by atoms with van der Waals surface area (Å²) in [7, 11) is 0. The van der Waals surface area contributed by atoms with Gasteiger partial charge in [0.25, 0.3) is 5.91 Å². The Morgan fingerprint density at radius 1 is 0.806 bits per heavy atom. The zero-order valence-corrected chi connectivity index (χ0v) is 21.5. The molecule has 0 spiro atoms. The highest BCUT2D eigenvalue weighted by atomic mass is 35.5. The van der Waals surface area contributed by atoms with Crippen LogP contribution in [0, 0.1) is 0 Å². The third-order valence-corrected chi connectivity index (χ3v) is 6.91. The number of benzene rings is 1. The van der Waals surface area contributed by atoms with Gasteiger partial charge in [0.05, 0.1) is 15.8 Å². The highest BCUT2D eigenvalue weighted by Gasteiger charge is 2.36. The Morgan fingerprint density at radius 2 is 1.26 bits per heavy atom. The van der Waals surface area contributed by atoms with Gasteiger partial charge in [-0.25, -0.2) is 0 Å². The number of carbonyl (C=O) groups excluding carboxylic acids is 1. The summed E-state index contributed by atoms with van der Waals surface area (Å²) < 4.78 is 0. The number of hydrogen-bond acceptors (Lipinski definition) is 2. The van der Waals surface area contributed by atoms with Crippen LogP contribution >= 0.6 is 46.4 Å². The number of rotatable bonds is 15. The molecule has 1 aromatic rings. The van der Waals surface area contributed by atoms with E-state index in [1.54, 1.807) is 12.1 Å². The standard InChI is InChI=1S/C24H34Cl4N2O/c1-2-3-4-5-6-7-8-9-10-11-12-13-14-15-21-22(28)24(31)30(29-21)23-19(26)16-18(25)17-20(23)27/h16-17,22H,2-15H2,1H3. The molecule has 0 aliphatic carbocycles. The minimum atomic E-state index is -0.764. The Bertz CT molecular complexity index is 715. The first kappa shape index (κ1) is 26.8. The van der Waals surface area contributed by atoms with Crippen LogP contribution in [0.25, 0.3) is 0 Å². The van der Waals surface area contributed by atoms with E-state index in [1.807, 2.05) is 0 Å². The van der Waals surface area contributed by atoms with E-state index in [1.165, 1.54) is 75.6 Å². The summed E-state index contributed by atoms with van der Waals surface area (Å²) >= 11 is 24.8. The van der Waals surface area contributed by atoms with Crippen molar-refractivity contribution in [1.82, 2.24) is 0 Å². The highest BCUT2D eigenvalue weighted by molar-refractivity contribution is 6.48. The fourth-order valence-electron chi connectivity index (χ4n) is 3.88. The highest BCUT2D eigenvalue weighted by Crippen LogP contribution is 2.39. The van der Waals surface area contributed by atoms with Gasteiger partial charge >= 0.3 is 0 Å². The van der Waals surface area contributed by atoms with Crippen LogP contribution in [0.1, 0.15) is 96.8 Å². The molecule has 1 amide bonds. The number of hydrogen-bond donors (Lipinski definition) is 0. The summed E-state index contributed by atoms with van der Waals surface area (Å²) in [5.74, 6) is -0.322. The first-order valence-corrected chi connectivity index (χ1v) is 13.2. The van der Waals surface area contributed by atoms with Crippen molar-refractivity contribution in [1.29, 1.82) is 0 Å². The molecule has 0 aromatic heterocycles. The van der Waals surface area contributed by atoms with Crippen LogP contribution < -0.4 is 5.01 Å². The molecule has 7 heteroatoms. The first-order chi connectivity index (χ1) is 15.0. The Kier molecular flexibility index (Phi) is 12.6. The lowest BCUT2D eigenvalue weighted by Crippen LogP contribution is -2.28. The first-order valence-electron chi connectivity index (χ1n) is 11.7. The van der Waals surface area contributed by atoms with Gasteiger partial charge in [0, 0.05) is 5.02 Å². The van der Waals surface area contributed by atoms with Crippen molar-refractivity contribution in [2.75, 3.05) is 5.01 Å². The SMILES string of the molecule is CCCCCCCCCCCCCCCC1=NN(c2c(Cl)cc(Cl)cc2Cl)C(=O)C1Cl. The molecule has 0 radical (unpaired) electrons. The lowest BCUT2D eigenvalue weighted by Gasteiger charge is -2.15. The minimum absolute atomic E-state index is 0.278. The number of hydrazone groups is 1. The molecule has 3 nitrogen and oxygen atoms in total. The van der Waals surface area contributed by atoms with Crippen molar-refractivity contribution in [3.8, 4) is 0 Å². The van der Waals surface area contributed by atoms with Crippen LogP contribution in [-0.4, -0.2) is 17.0 Å². The number of alkyl halides is 1.